The number of aliphatic imine (C=N–C) groups is 1. The van der Waals surface area contributed by atoms with E-state index in [0.717, 1.165) is 42.9 Å². The van der Waals surface area contributed by atoms with E-state index in [1.165, 1.54) is 30.4 Å². The van der Waals surface area contributed by atoms with Crippen molar-refractivity contribution in [2.45, 2.75) is 38.3 Å². The highest BCUT2D eigenvalue weighted by molar-refractivity contribution is 6.40. The van der Waals surface area contributed by atoms with Crippen LogP contribution in [0.25, 0.3) is 10.9 Å². The standard InChI is InChI=1S/C24H28N6O/c1-17-4-9-20-21(12-17)28-29-23(20)22(27-25)13-26-19-7-5-18(6-8-19)14-30-11-3-2-10-24(30)15-31-16-24/h4-9,12-13H,2-3,10-11,14-16,25H2,1H3,(H,28,29). The van der Waals surface area contributed by atoms with Gasteiger partial charge in [0.05, 0.1) is 36.2 Å². The summed E-state index contributed by atoms with van der Waals surface area (Å²) in [7, 11) is 0. The second-order valence-electron chi connectivity index (χ2n) is 8.66. The van der Waals surface area contributed by atoms with Crippen LogP contribution in [0.15, 0.2) is 52.6 Å². The van der Waals surface area contributed by atoms with Crippen LogP contribution >= 0.6 is 0 Å². The number of H-pyrrole nitrogens is 1. The molecule has 3 aromatic rings. The summed E-state index contributed by atoms with van der Waals surface area (Å²) >= 11 is 0. The molecule has 7 nitrogen and oxygen atoms in total. The number of aromatic amines is 1. The third kappa shape index (κ3) is 3.86. The van der Waals surface area contributed by atoms with Gasteiger partial charge in [-0.25, -0.2) is 0 Å². The Morgan fingerprint density at radius 2 is 2.06 bits per heavy atom. The van der Waals surface area contributed by atoms with E-state index in [0.29, 0.717) is 11.4 Å². The Hall–Kier alpha value is -3.03. The molecule has 0 radical (unpaired) electrons. The van der Waals surface area contributed by atoms with Crippen molar-refractivity contribution in [2.75, 3.05) is 19.8 Å². The summed E-state index contributed by atoms with van der Waals surface area (Å²) in [6, 6.07) is 14.5. The molecule has 0 bridgehead atoms. The van der Waals surface area contributed by atoms with Gasteiger partial charge >= 0.3 is 0 Å². The third-order valence-corrected chi connectivity index (χ3v) is 6.48. The fourth-order valence-electron chi connectivity index (χ4n) is 4.59. The number of rotatable bonds is 5. The third-order valence-electron chi connectivity index (χ3n) is 6.48. The number of hydrogen-bond acceptors (Lipinski definition) is 6. The highest BCUT2D eigenvalue weighted by atomic mass is 16.5. The predicted molar refractivity (Wildman–Crippen MR) is 124 cm³/mol. The average Bonchev–Trinajstić information content (AvgIpc) is 3.17. The number of aryl methyl sites for hydroxylation is 1. The number of benzene rings is 2. The number of ether oxygens (including phenoxy) is 1. The number of nitrogens with two attached hydrogens (primary N) is 1. The molecular weight excluding hydrogens is 388 g/mol. The quantitative estimate of drug-likeness (QED) is 0.377. The smallest absolute Gasteiger partial charge is 0.129 e. The highest BCUT2D eigenvalue weighted by Gasteiger charge is 2.45. The van der Waals surface area contributed by atoms with Gasteiger partial charge in [0.15, 0.2) is 0 Å². The topological polar surface area (TPSA) is 91.9 Å². The lowest BCUT2D eigenvalue weighted by molar-refractivity contribution is -0.159. The number of fused-ring (bicyclic) bond motifs is 1. The molecule has 2 fully saturated rings. The molecule has 3 N–H and O–H groups in total. The van der Waals surface area contributed by atoms with Crippen LogP contribution in [0, 0.1) is 6.92 Å². The maximum Gasteiger partial charge on any atom is 0.129 e. The molecule has 7 heteroatoms. The van der Waals surface area contributed by atoms with Crippen LogP contribution in [0.3, 0.4) is 0 Å². The number of aromatic nitrogens is 2. The first kappa shape index (κ1) is 19.9. The second kappa shape index (κ2) is 8.24. The van der Waals surface area contributed by atoms with Crippen LogP contribution in [0.5, 0.6) is 0 Å². The van der Waals surface area contributed by atoms with Gasteiger partial charge in [0.1, 0.15) is 11.4 Å². The van der Waals surface area contributed by atoms with E-state index < -0.39 is 0 Å². The first-order chi connectivity index (χ1) is 15.2. The van der Waals surface area contributed by atoms with Crippen LogP contribution < -0.4 is 5.84 Å². The summed E-state index contributed by atoms with van der Waals surface area (Å²) in [4.78, 5) is 7.18. The van der Waals surface area contributed by atoms with E-state index in [-0.39, 0.29) is 5.54 Å². The van der Waals surface area contributed by atoms with Crippen molar-refractivity contribution in [3.05, 3.63) is 59.3 Å². The molecule has 2 aliphatic heterocycles. The van der Waals surface area contributed by atoms with Crippen molar-refractivity contribution in [1.29, 1.82) is 0 Å². The lowest BCUT2D eigenvalue weighted by Gasteiger charge is -2.52. The number of hydrazone groups is 1. The van der Waals surface area contributed by atoms with Crippen molar-refractivity contribution in [3.8, 4) is 0 Å². The molecule has 0 unspecified atom stereocenters. The molecule has 0 atom stereocenters. The van der Waals surface area contributed by atoms with Gasteiger partial charge in [-0.2, -0.15) is 10.2 Å². The zero-order valence-electron chi connectivity index (χ0n) is 17.8. The molecule has 2 aliphatic rings. The predicted octanol–water partition coefficient (Wildman–Crippen LogP) is 3.69. The van der Waals surface area contributed by atoms with Crippen LogP contribution in [0.4, 0.5) is 5.69 Å². The van der Waals surface area contributed by atoms with Crippen LogP contribution in [0.1, 0.15) is 36.1 Å². The summed E-state index contributed by atoms with van der Waals surface area (Å²) < 4.78 is 5.54. The van der Waals surface area contributed by atoms with Crippen molar-refractivity contribution in [3.63, 3.8) is 0 Å². The van der Waals surface area contributed by atoms with Gasteiger partial charge in [0.2, 0.25) is 0 Å². The minimum atomic E-state index is 0.270. The number of hydrogen-bond donors (Lipinski definition) is 2. The molecular formula is C24H28N6O. The van der Waals surface area contributed by atoms with Crippen molar-refractivity contribution in [1.82, 2.24) is 15.1 Å². The number of piperidine rings is 1. The van der Waals surface area contributed by atoms with Crippen LogP contribution in [0.2, 0.25) is 0 Å². The number of likely N-dealkylation sites (tertiary alicyclic amines) is 1. The second-order valence-corrected chi connectivity index (χ2v) is 8.66. The fraction of sp³-hybridized carbons (Fsp3) is 0.375. The van der Waals surface area contributed by atoms with Gasteiger partial charge in [0, 0.05) is 11.9 Å². The summed E-state index contributed by atoms with van der Waals surface area (Å²) in [5, 5.41) is 12.3. The Kier molecular flexibility index (Phi) is 5.29. The highest BCUT2D eigenvalue weighted by Crippen LogP contribution is 2.35. The van der Waals surface area contributed by atoms with E-state index in [1.807, 2.05) is 31.2 Å². The number of nitrogens with one attached hydrogen (secondary N) is 1. The Labute approximate surface area is 182 Å². The Morgan fingerprint density at radius 1 is 1.23 bits per heavy atom. The molecule has 1 spiro atoms. The zero-order chi connectivity index (χ0) is 21.3. The lowest BCUT2D eigenvalue weighted by Crippen LogP contribution is -2.63. The first-order valence-electron chi connectivity index (χ1n) is 10.9. The van der Waals surface area contributed by atoms with E-state index in [1.54, 1.807) is 6.21 Å². The first-order valence-corrected chi connectivity index (χ1v) is 10.9. The molecule has 1 aromatic heterocycles. The molecule has 31 heavy (non-hydrogen) atoms. The Balaban J connectivity index is 1.29. The summed E-state index contributed by atoms with van der Waals surface area (Å²) in [6.45, 7) is 5.91. The number of nitrogens with zero attached hydrogens (tertiary/aromatic N) is 4. The molecule has 160 valence electrons. The van der Waals surface area contributed by atoms with Crippen molar-refractivity contribution >= 4 is 28.5 Å². The van der Waals surface area contributed by atoms with E-state index in [9.17, 15) is 0 Å². The molecule has 3 heterocycles. The average molecular weight is 417 g/mol. The maximum absolute atomic E-state index is 5.65. The monoisotopic (exact) mass is 416 g/mol. The molecule has 0 aliphatic carbocycles. The van der Waals surface area contributed by atoms with E-state index in [2.05, 4.69) is 43.4 Å². The Bertz CT molecular complexity index is 1130. The van der Waals surface area contributed by atoms with Gasteiger partial charge in [-0.1, -0.05) is 30.7 Å². The fourth-order valence-corrected chi connectivity index (χ4v) is 4.59. The molecule has 0 saturated carbocycles. The molecule has 2 saturated heterocycles. The van der Waals surface area contributed by atoms with Gasteiger partial charge in [-0.3, -0.25) is 15.0 Å². The van der Waals surface area contributed by atoms with Gasteiger partial charge < -0.3 is 10.6 Å². The van der Waals surface area contributed by atoms with E-state index in [4.69, 9.17) is 10.6 Å². The largest absolute Gasteiger partial charge is 0.377 e. The van der Waals surface area contributed by atoms with Gasteiger partial charge in [0.25, 0.3) is 0 Å². The van der Waals surface area contributed by atoms with Crippen molar-refractivity contribution < 1.29 is 4.74 Å². The minimum Gasteiger partial charge on any atom is -0.377 e. The molecule has 5 rings (SSSR count). The molecule has 0 amide bonds. The van der Waals surface area contributed by atoms with Crippen LogP contribution in [-0.2, 0) is 11.3 Å². The van der Waals surface area contributed by atoms with Gasteiger partial charge in [-0.05, 0) is 55.6 Å². The normalized spacial score (nSPS) is 19.3. The zero-order valence-corrected chi connectivity index (χ0v) is 17.8. The maximum atomic E-state index is 5.65. The summed E-state index contributed by atoms with van der Waals surface area (Å²) in [5.74, 6) is 5.65. The summed E-state index contributed by atoms with van der Waals surface area (Å²) in [5.41, 5.74) is 5.81. The molecule has 2 aromatic carbocycles. The van der Waals surface area contributed by atoms with E-state index >= 15 is 0 Å². The SMILES string of the molecule is Cc1ccc2c(C(C=Nc3ccc(CN4CCCCC45COC5)cc3)=NN)n[nH]c2c1. The summed E-state index contributed by atoms with van der Waals surface area (Å²) in [6.07, 6.45) is 5.50. The van der Waals surface area contributed by atoms with Gasteiger partial charge in [-0.15, -0.1) is 0 Å². The van der Waals surface area contributed by atoms with Crippen molar-refractivity contribution in [2.24, 2.45) is 15.9 Å². The van der Waals surface area contributed by atoms with Crippen LogP contribution in [-0.4, -0.2) is 52.3 Å². The minimum absolute atomic E-state index is 0.270. The Morgan fingerprint density at radius 3 is 2.81 bits per heavy atom. The lowest BCUT2D eigenvalue weighted by atomic mass is 9.84.